The van der Waals surface area contributed by atoms with Crippen molar-refractivity contribution in [3.05, 3.63) is 91.0 Å². The van der Waals surface area contributed by atoms with Gasteiger partial charge in [-0.1, -0.05) is 91.0 Å². The minimum absolute atomic E-state index is 0.962. The van der Waals surface area contributed by atoms with Gasteiger partial charge in [0.15, 0.2) is 0 Å². The number of rotatable bonds is 4. The van der Waals surface area contributed by atoms with Crippen LogP contribution < -0.4 is 15.9 Å². The van der Waals surface area contributed by atoms with E-state index in [1.807, 2.05) is 91.0 Å². The van der Waals surface area contributed by atoms with Crippen molar-refractivity contribution in [2.75, 3.05) is 0 Å². The molecule has 0 aromatic heterocycles. The molecular weight excluding hydrogens is 379 g/mol. The molecule has 6 heteroatoms. The molecule has 0 radical (unpaired) electrons. The van der Waals surface area contributed by atoms with Gasteiger partial charge in [-0.3, -0.25) is 4.57 Å². The van der Waals surface area contributed by atoms with Gasteiger partial charge in [-0.25, -0.2) is 4.52 Å². The molecule has 3 rings (SSSR count). The minimum atomic E-state index is -3.66. The summed E-state index contributed by atoms with van der Waals surface area (Å²) < 4.78 is 16.9. The minimum Gasteiger partial charge on any atom is -0.262 e. The van der Waals surface area contributed by atoms with Crippen LogP contribution in [0.4, 0.5) is 0 Å². The van der Waals surface area contributed by atoms with Crippen LogP contribution in [0.3, 0.4) is 0 Å². The summed E-state index contributed by atoms with van der Waals surface area (Å²) in [5.41, 5.74) is 0. The molecule has 0 spiro atoms. The standard InChI is InChI=1S/C18H15Cl2NOP2/c19-24(20,22)21-23(16-10-4-1-5-11-16,17-12-6-2-7-13-17)18-14-8-3-9-15-18/h1-15H. The molecule has 0 unspecified atom stereocenters. The Kier molecular flexibility index (Phi) is 5.33. The molecule has 0 amide bonds. The van der Waals surface area contributed by atoms with E-state index < -0.39 is 13.1 Å². The van der Waals surface area contributed by atoms with Crippen molar-refractivity contribution in [3.8, 4) is 0 Å². The highest BCUT2D eigenvalue weighted by Gasteiger charge is 2.30. The first-order chi connectivity index (χ1) is 11.5. The molecule has 0 N–H and O–H groups in total. The summed E-state index contributed by atoms with van der Waals surface area (Å²) in [4.78, 5) is 0. The lowest BCUT2D eigenvalue weighted by Gasteiger charge is -2.26. The first-order valence-corrected chi connectivity index (χ1v) is 12.5. The van der Waals surface area contributed by atoms with E-state index in [-0.39, 0.29) is 0 Å². The molecule has 0 atom stereocenters. The molecule has 0 saturated carbocycles. The quantitative estimate of drug-likeness (QED) is 0.518. The van der Waals surface area contributed by atoms with Crippen molar-refractivity contribution in [1.29, 1.82) is 0 Å². The van der Waals surface area contributed by atoms with Crippen LogP contribution in [0.15, 0.2) is 95.5 Å². The first-order valence-electron chi connectivity index (χ1n) is 7.32. The Morgan fingerprint density at radius 2 is 0.875 bits per heavy atom. The van der Waals surface area contributed by atoms with E-state index in [0.717, 1.165) is 15.9 Å². The highest BCUT2D eigenvalue weighted by Crippen LogP contribution is 2.66. The number of hydrogen-bond donors (Lipinski definition) is 0. The first kappa shape index (κ1) is 17.5. The third kappa shape index (κ3) is 3.68. The number of hydrogen-bond acceptors (Lipinski definition) is 1. The van der Waals surface area contributed by atoms with Crippen LogP contribution in [-0.2, 0) is 4.57 Å². The van der Waals surface area contributed by atoms with E-state index in [0.29, 0.717) is 0 Å². The Hall–Kier alpha value is -1.30. The van der Waals surface area contributed by atoms with Crippen LogP contribution in [0.1, 0.15) is 0 Å². The Balaban J connectivity index is 2.48. The summed E-state index contributed by atoms with van der Waals surface area (Å²) in [7, 11) is -2.58. The predicted octanol–water partition coefficient (Wildman–Crippen LogP) is 5.75. The van der Waals surface area contributed by atoms with E-state index in [1.54, 1.807) is 0 Å². The van der Waals surface area contributed by atoms with Gasteiger partial charge in [-0.2, -0.15) is 0 Å². The van der Waals surface area contributed by atoms with Crippen molar-refractivity contribution >= 4 is 51.4 Å². The maximum absolute atomic E-state index is 12.3. The van der Waals surface area contributed by atoms with Gasteiger partial charge in [0.2, 0.25) is 0 Å². The monoisotopic (exact) mass is 393 g/mol. The lowest BCUT2D eigenvalue weighted by atomic mass is 10.4. The number of nitrogens with zero attached hydrogens (tertiary/aromatic N) is 1. The van der Waals surface area contributed by atoms with Gasteiger partial charge in [0.1, 0.15) is 0 Å². The second kappa shape index (κ2) is 7.30. The second-order valence-corrected chi connectivity index (χ2v) is 12.8. The highest BCUT2D eigenvalue weighted by molar-refractivity contribution is 8.11. The molecule has 0 fully saturated rings. The van der Waals surface area contributed by atoms with Crippen LogP contribution in [-0.4, -0.2) is 0 Å². The van der Waals surface area contributed by atoms with Crippen molar-refractivity contribution in [1.82, 2.24) is 0 Å². The molecule has 122 valence electrons. The molecule has 0 aliphatic carbocycles. The van der Waals surface area contributed by atoms with Crippen LogP contribution in [0.2, 0.25) is 0 Å². The molecule has 0 heterocycles. The number of benzene rings is 3. The molecule has 2 nitrogen and oxygen atoms in total. The molecule has 0 aliphatic heterocycles. The summed E-state index contributed by atoms with van der Waals surface area (Å²) >= 11 is 11.9. The summed E-state index contributed by atoms with van der Waals surface area (Å²) in [5.74, 6) is -3.66. The van der Waals surface area contributed by atoms with E-state index in [2.05, 4.69) is 4.52 Å². The molecule has 0 bridgehead atoms. The van der Waals surface area contributed by atoms with Crippen molar-refractivity contribution in [3.63, 3.8) is 0 Å². The van der Waals surface area contributed by atoms with Gasteiger partial charge in [0, 0.05) is 15.9 Å². The fourth-order valence-electron chi connectivity index (χ4n) is 2.69. The van der Waals surface area contributed by atoms with Crippen molar-refractivity contribution in [2.45, 2.75) is 0 Å². The lowest BCUT2D eigenvalue weighted by Crippen LogP contribution is -2.25. The second-order valence-electron chi connectivity index (χ2n) is 5.17. The smallest absolute Gasteiger partial charge is 0.262 e. The van der Waals surface area contributed by atoms with Crippen LogP contribution >= 0.6 is 35.5 Å². The van der Waals surface area contributed by atoms with Gasteiger partial charge in [-0.05, 0) is 22.5 Å². The third-order valence-electron chi connectivity index (χ3n) is 3.63. The highest BCUT2D eigenvalue weighted by atomic mass is 35.9. The van der Waals surface area contributed by atoms with Gasteiger partial charge in [0.05, 0.1) is 7.05 Å². The largest absolute Gasteiger partial charge is 0.363 e. The van der Waals surface area contributed by atoms with Crippen LogP contribution in [0.25, 0.3) is 0 Å². The van der Waals surface area contributed by atoms with E-state index in [1.165, 1.54) is 0 Å². The van der Waals surface area contributed by atoms with E-state index in [9.17, 15) is 4.57 Å². The molecular formula is C18H15Cl2NOP2. The Morgan fingerprint density at radius 1 is 0.583 bits per heavy atom. The van der Waals surface area contributed by atoms with E-state index >= 15 is 0 Å². The van der Waals surface area contributed by atoms with Crippen molar-refractivity contribution < 1.29 is 4.57 Å². The molecule has 3 aromatic rings. The lowest BCUT2D eigenvalue weighted by molar-refractivity contribution is 0.594. The van der Waals surface area contributed by atoms with Gasteiger partial charge >= 0.3 is 6.00 Å². The summed E-state index contributed by atoms with van der Waals surface area (Å²) in [6.07, 6.45) is 0. The maximum Gasteiger partial charge on any atom is 0.363 e. The topological polar surface area (TPSA) is 29.4 Å². The zero-order valence-corrected chi connectivity index (χ0v) is 16.0. The Bertz CT molecular complexity index is 806. The molecule has 0 aliphatic rings. The van der Waals surface area contributed by atoms with Crippen LogP contribution in [0, 0.1) is 0 Å². The van der Waals surface area contributed by atoms with Gasteiger partial charge in [-0.15, -0.1) is 0 Å². The average Bonchev–Trinajstić information content (AvgIpc) is 2.61. The fourth-order valence-corrected chi connectivity index (χ4v) is 9.71. The molecule has 24 heavy (non-hydrogen) atoms. The predicted molar refractivity (Wildman–Crippen MR) is 107 cm³/mol. The average molecular weight is 394 g/mol. The molecule has 3 aromatic carbocycles. The Labute approximate surface area is 151 Å². The summed E-state index contributed by atoms with van der Waals surface area (Å²) in [6, 6.07) is 29.4. The fraction of sp³-hybridized carbons (Fsp3) is 0. The normalized spacial score (nSPS) is 11.9. The third-order valence-corrected chi connectivity index (χ3v) is 9.89. The Morgan fingerprint density at radius 3 is 1.12 bits per heavy atom. The molecule has 0 saturated heterocycles. The summed E-state index contributed by atoms with van der Waals surface area (Å²) in [6.45, 7) is 0. The zero-order chi connectivity index (χ0) is 17.0. The van der Waals surface area contributed by atoms with Gasteiger partial charge in [0.25, 0.3) is 0 Å². The SMILES string of the molecule is O=P(Cl)(Cl)N=P(c1ccccc1)(c1ccccc1)c1ccccc1. The van der Waals surface area contributed by atoms with Crippen molar-refractivity contribution in [2.24, 2.45) is 4.52 Å². The number of halogens is 2. The van der Waals surface area contributed by atoms with Gasteiger partial charge < -0.3 is 0 Å². The zero-order valence-electron chi connectivity index (χ0n) is 12.7. The maximum atomic E-state index is 12.3. The van der Waals surface area contributed by atoms with E-state index in [4.69, 9.17) is 22.5 Å². The van der Waals surface area contributed by atoms with Crippen LogP contribution in [0.5, 0.6) is 0 Å². The summed E-state index contributed by atoms with van der Waals surface area (Å²) in [5, 5.41) is 2.89.